The SMILES string of the molecule is CC(C)Oc1c(N)nsc1NCCC1CCCC1. The number of nitrogen functional groups attached to an aromatic ring is 1. The molecule has 1 aliphatic carbocycles. The van der Waals surface area contributed by atoms with E-state index in [4.69, 9.17) is 10.5 Å². The number of ether oxygens (including phenoxy) is 1. The van der Waals surface area contributed by atoms with Gasteiger partial charge in [-0.3, -0.25) is 0 Å². The molecule has 3 N–H and O–H groups in total. The van der Waals surface area contributed by atoms with Crippen molar-refractivity contribution in [1.82, 2.24) is 4.37 Å². The third-order valence-corrected chi connectivity index (χ3v) is 4.14. The fraction of sp³-hybridized carbons (Fsp3) is 0.769. The third kappa shape index (κ3) is 3.51. The fourth-order valence-electron chi connectivity index (χ4n) is 2.45. The van der Waals surface area contributed by atoms with Crippen molar-refractivity contribution in [2.24, 2.45) is 5.92 Å². The second-order valence-corrected chi connectivity index (χ2v) is 6.03. The molecule has 0 spiro atoms. The van der Waals surface area contributed by atoms with Gasteiger partial charge in [0, 0.05) is 6.54 Å². The van der Waals surface area contributed by atoms with E-state index in [1.54, 1.807) is 0 Å². The average Bonchev–Trinajstić information content (AvgIpc) is 2.93. The summed E-state index contributed by atoms with van der Waals surface area (Å²) in [5.74, 6) is 2.12. The molecule has 1 aromatic rings. The molecule has 1 fully saturated rings. The summed E-state index contributed by atoms with van der Waals surface area (Å²) in [4.78, 5) is 0. The van der Waals surface area contributed by atoms with E-state index in [0.717, 1.165) is 23.2 Å². The highest BCUT2D eigenvalue weighted by molar-refractivity contribution is 7.11. The van der Waals surface area contributed by atoms with Crippen molar-refractivity contribution in [2.75, 3.05) is 17.6 Å². The number of anilines is 2. The number of aromatic nitrogens is 1. The van der Waals surface area contributed by atoms with E-state index in [9.17, 15) is 0 Å². The van der Waals surface area contributed by atoms with Crippen molar-refractivity contribution >= 4 is 22.4 Å². The highest BCUT2D eigenvalue weighted by atomic mass is 32.1. The molecule has 0 amide bonds. The molecule has 2 rings (SSSR count). The van der Waals surface area contributed by atoms with Crippen molar-refractivity contribution in [1.29, 1.82) is 0 Å². The average molecular weight is 269 g/mol. The fourth-order valence-corrected chi connectivity index (χ4v) is 3.12. The van der Waals surface area contributed by atoms with Gasteiger partial charge in [-0.15, -0.1) is 0 Å². The summed E-state index contributed by atoms with van der Waals surface area (Å²) in [6, 6.07) is 0. The first-order chi connectivity index (χ1) is 8.66. The van der Waals surface area contributed by atoms with E-state index < -0.39 is 0 Å². The van der Waals surface area contributed by atoms with Crippen LogP contribution in [0.1, 0.15) is 46.0 Å². The van der Waals surface area contributed by atoms with Crippen LogP contribution in [-0.4, -0.2) is 17.0 Å². The van der Waals surface area contributed by atoms with Crippen LogP contribution < -0.4 is 15.8 Å². The third-order valence-electron chi connectivity index (χ3n) is 3.34. The van der Waals surface area contributed by atoms with Gasteiger partial charge < -0.3 is 15.8 Å². The van der Waals surface area contributed by atoms with Crippen LogP contribution in [0.25, 0.3) is 0 Å². The summed E-state index contributed by atoms with van der Waals surface area (Å²) in [6.07, 6.45) is 6.95. The Morgan fingerprint density at radius 1 is 1.44 bits per heavy atom. The summed E-state index contributed by atoms with van der Waals surface area (Å²) in [5.41, 5.74) is 5.82. The Kier molecular flexibility index (Phi) is 4.69. The maximum Gasteiger partial charge on any atom is 0.197 e. The molecular formula is C13H23N3OS. The normalized spacial score (nSPS) is 16.4. The lowest BCUT2D eigenvalue weighted by molar-refractivity contribution is 0.245. The van der Waals surface area contributed by atoms with Gasteiger partial charge in [0.25, 0.3) is 0 Å². The summed E-state index contributed by atoms with van der Waals surface area (Å²) in [6.45, 7) is 4.99. The smallest absolute Gasteiger partial charge is 0.197 e. The first-order valence-electron chi connectivity index (χ1n) is 6.82. The number of nitrogens with two attached hydrogens (primary N) is 1. The molecule has 1 saturated carbocycles. The second kappa shape index (κ2) is 6.27. The molecule has 0 radical (unpaired) electrons. The summed E-state index contributed by atoms with van der Waals surface area (Å²) in [7, 11) is 0. The molecule has 0 atom stereocenters. The van der Waals surface area contributed by atoms with E-state index in [0.29, 0.717) is 5.82 Å². The van der Waals surface area contributed by atoms with Crippen molar-refractivity contribution in [3.63, 3.8) is 0 Å². The Labute approximate surface area is 113 Å². The molecule has 18 heavy (non-hydrogen) atoms. The molecule has 4 nitrogen and oxygen atoms in total. The number of hydrogen-bond acceptors (Lipinski definition) is 5. The van der Waals surface area contributed by atoms with Gasteiger partial charge in [0.15, 0.2) is 16.6 Å². The number of nitrogens with one attached hydrogen (secondary N) is 1. The van der Waals surface area contributed by atoms with Crippen molar-refractivity contribution in [3.05, 3.63) is 0 Å². The molecule has 0 unspecified atom stereocenters. The minimum absolute atomic E-state index is 0.124. The Bertz CT molecular complexity index is 372. The molecule has 1 aliphatic rings. The van der Waals surface area contributed by atoms with Crippen LogP contribution in [0.2, 0.25) is 0 Å². The molecule has 1 heterocycles. The van der Waals surface area contributed by atoms with Crippen molar-refractivity contribution in [2.45, 2.75) is 52.1 Å². The zero-order valence-corrected chi connectivity index (χ0v) is 12.1. The monoisotopic (exact) mass is 269 g/mol. The Hall–Kier alpha value is -0.970. The lowest BCUT2D eigenvalue weighted by Crippen LogP contribution is -2.10. The number of rotatable bonds is 6. The molecule has 0 aliphatic heterocycles. The van der Waals surface area contributed by atoms with Gasteiger partial charge >= 0.3 is 0 Å². The van der Waals surface area contributed by atoms with Crippen molar-refractivity contribution in [3.8, 4) is 5.75 Å². The van der Waals surface area contributed by atoms with Gasteiger partial charge in [0.05, 0.1) is 6.10 Å². The van der Waals surface area contributed by atoms with E-state index in [2.05, 4.69) is 9.69 Å². The van der Waals surface area contributed by atoms with Gasteiger partial charge in [-0.05, 0) is 37.7 Å². The molecule has 1 aromatic heterocycles. The minimum Gasteiger partial charge on any atom is -0.484 e. The maximum absolute atomic E-state index is 5.82. The van der Waals surface area contributed by atoms with E-state index in [1.165, 1.54) is 43.6 Å². The summed E-state index contributed by atoms with van der Waals surface area (Å²) in [5, 5.41) is 4.39. The van der Waals surface area contributed by atoms with Gasteiger partial charge in [0.1, 0.15) is 0 Å². The topological polar surface area (TPSA) is 60.2 Å². The van der Waals surface area contributed by atoms with Gasteiger partial charge in [0.2, 0.25) is 0 Å². The molecule has 0 bridgehead atoms. The summed E-state index contributed by atoms with van der Waals surface area (Å²) >= 11 is 1.39. The van der Waals surface area contributed by atoms with Crippen LogP contribution >= 0.6 is 11.5 Å². The van der Waals surface area contributed by atoms with Crippen molar-refractivity contribution < 1.29 is 4.74 Å². The van der Waals surface area contributed by atoms with Gasteiger partial charge in [-0.2, -0.15) is 4.37 Å². The van der Waals surface area contributed by atoms with Crippen LogP contribution in [0.4, 0.5) is 10.8 Å². The Balaban J connectivity index is 1.84. The lowest BCUT2D eigenvalue weighted by atomic mass is 10.0. The predicted octanol–water partition coefficient (Wildman–Crippen LogP) is 3.50. The Morgan fingerprint density at radius 3 is 2.83 bits per heavy atom. The zero-order valence-electron chi connectivity index (χ0n) is 11.2. The van der Waals surface area contributed by atoms with Crippen LogP contribution in [0.3, 0.4) is 0 Å². The van der Waals surface area contributed by atoms with Gasteiger partial charge in [-0.1, -0.05) is 25.7 Å². The molecule has 102 valence electrons. The van der Waals surface area contributed by atoms with E-state index >= 15 is 0 Å². The highest BCUT2D eigenvalue weighted by Gasteiger charge is 2.17. The minimum atomic E-state index is 0.124. The quantitative estimate of drug-likeness (QED) is 0.829. The van der Waals surface area contributed by atoms with E-state index in [-0.39, 0.29) is 6.10 Å². The molecule has 5 heteroatoms. The molecule has 0 aromatic carbocycles. The zero-order chi connectivity index (χ0) is 13.0. The lowest BCUT2D eigenvalue weighted by Gasteiger charge is -2.13. The number of hydrogen-bond donors (Lipinski definition) is 2. The predicted molar refractivity (Wildman–Crippen MR) is 77.4 cm³/mol. The highest BCUT2D eigenvalue weighted by Crippen LogP contribution is 2.36. The first-order valence-corrected chi connectivity index (χ1v) is 7.60. The van der Waals surface area contributed by atoms with E-state index in [1.807, 2.05) is 13.8 Å². The molecular weight excluding hydrogens is 246 g/mol. The van der Waals surface area contributed by atoms with Gasteiger partial charge in [-0.25, -0.2) is 0 Å². The first kappa shape index (κ1) is 13.5. The van der Waals surface area contributed by atoms with Crippen LogP contribution in [-0.2, 0) is 0 Å². The largest absolute Gasteiger partial charge is 0.484 e. The maximum atomic E-state index is 5.82. The standard InChI is InChI=1S/C13H23N3OS/c1-9(2)17-11-12(14)16-18-13(11)15-8-7-10-5-3-4-6-10/h9-10,15H,3-8H2,1-2H3,(H2,14,16). The van der Waals surface area contributed by atoms with Crippen LogP contribution in [0, 0.1) is 5.92 Å². The number of nitrogens with zero attached hydrogens (tertiary/aromatic N) is 1. The summed E-state index contributed by atoms with van der Waals surface area (Å²) < 4.78 is 9.85. The molecule has 0 saturated heterocycles. The van der Waals surface area contributed by atoms with Crippen LogP contribution in [0.5, 0.6) is 5.75 Å². The Morgan fingerprint density at radius 2 is 2.17 bits per heavy atom. The second-order valence-electron chi connectivity index (χ2n) is 5.26. The van der Waals surface area contributed by atoms with Crippen LogP contribution in [0.15, 0.2) is 0 Å².